The van der Waals surface area contributed by atoms with E-state index in [1.54, 1.807) is 0 Å². The molecule has 0 aromatic heterocycles. The van der Waals surface area contributed by atoms with E-state index in [1.807, 2.05) is 6.07 Å². The van der Waals surface area contributed by atoms with Gasteiger partial charge in [0.15, 0.2) is 0 Å². The molecule has 0 amide bonds. The molecule has 1 aromatic rings. The predicted octanol–water partition coefficient (Wildman–Crippen LogP) is 3.21. The molecule has 0 saturated carbocycles. The smallest absolute Gasteiger partial charge is 0.126 e. The second-order valence-corrected chi connectivity index (χ2v) is 6.18. The molecule has 0 N–H and O–H groups in total. The summed E-state index contributed by atoms with van der Waals surface area (Å²) in [6.45, 7) is 8.32. The highest BCUT2D eigenvalue weighted by Crippen LogP contribution is 2.33. The van der Waals surface area contributed by atoms with Crippen molar-refractivity contribution in [2.45, 2.75) is 38.7 Å². The average Bonchev–Trinajstić information content (AvgIpc) is 2.62. The SMILES string of the molecule is CN1CC[C@H](Oc2cc(F)ccc2C(C)(C)C)C1. The Hall–Kier alpha value is -1.09. The lowest BCUT2D eigenvalue weighted by atomic mass is 9.86. The summed E-state index contributed by atoms with van der Waals surface area (Å²) in [5.74, 6) is 0.465. The van der Waals surface area contributed by atoms with E-state index in [-0.39, 0.29) is 17.3 Å². The van der Waals surface area contributed by atoms with Crippen LogP contribution in [0.5, 0.6) is 5.75 Å². The number of benzene rings is 1. The number of hydrogen-bond acceptors (Lipinski definition) is 2. The van der Waals surface area contributed by atoms with Crippen LogP contribution < -0.4 is 4.74 Å². The van der Waals surface area contributed by atoms with Crippen LogP contribution in [0.3, 0.4) is 0 Å². The van der Waals surface area contributed by atoms with E-state index in [0.717, 1.165) is 25.1 Å². The fourth-order valence-corrected chi connectivity index (χ4v) is 2.38. The summed E-state index contributed by atoms with van der Waals surface area (Å²) >= 11 is 0. The molecular weight excluding hydrogens is 229 g/mol. The fraction of sp³-hybridized carbons (Fsp3) is 0.600. The van der Waals surface area contributed by atoms with E-state index < -0.39 is 0 Å². The van der Waals surface area contributed by atoms with Gasteiger partial charge in [0, 0.05) is 19.2 Å². The van der Waals surface area contributed by atoms with Gasteiger partial charge in [0.05, 0.1) is 0 Å². The molecule has 1 fully saturated rings. The Morgan fingerprint density at radius 3 is 2.61 bits per heavy atom. The zero-order chi connectivity index (χ0) is 13.3. The predicted molar refractivity (Wildman–Crippen MR) is 71.6 cm³/mol. The van der Waals surface area contributed by atoms with Crippen LogP contribution in [-0.2, 0) is 5.41 Å². The zero-order valence-corrected chi connectivity index (χ0v) is 11.7. The van der Waals surface area contributed by atoms with Gasteiger partial charge in [-0.25, -0.2) is 4.39 Å². The fourth-order valence-electron chi connectivity index (χ4n) is 2.38. The molecule has 1 aromatic carbocycles. The van der Waals surface area contributed by atoms with Crippen LogP contribution >= 0.6 is 0 Å². The van der Waals surface area contributed by atoms with Gasteiger partial charge >= 0.3 is 0 Å². The minimum atomic E-state index is -0.232. The molecular formula is C15H22FNO. The number of likely N-dealkylation sites (tertiary alicyclic amines) is 1. The number of ether oxygens (including phenoxy) is 1. The highest BCUT2D eigenvalue weighted by atomic mass is 19.1. The van der Waals surface area contributed by atoms with Crippen molar-refractivity contribution in [2.75, 3.05) is 20.1 Å². The first-order chi connectivity index (χ1) is 8.36. The van der Waals surface area contributed by atoms with Crippen molar-refractivity contribution < 1.29 is 9.13 Å². The van der Waals surface area contributed by atoms with Gasteiger partial charge in [-0.05, 0) is 30.5 Å². The van der Waals surface area contributed by atoms with Gasteiger partial charge in [-0.1, -0.05) is 26.8 Å². The molecule has 1 aliphatic heterocycles. The van der Waals surface area contributed by atoms with Gasteiger partial charge in [0.2, 0.25) is 0 Å². The number of halogens is 1. The van der Waals surface area contributed by atoms with Crippen LogP contribution in [0.25, 0.3) is 0 Å². The van der Waals surface area contributed by atoms with Crippen LogP contribution in [0.4, 0.5) is 4.39 Å². The van der Waals surface area contributed by atoms with Crippen LogP contribution in [0, 0.1) is 5.82 Å². The molecule has 1 heterocycles. The normalized spacial score (nSPS) is 21.3. The average molecular weight is 251 g/mol. The highest BCUT2D eigenvalue weighted by Gasteiger charge is 2.25. The maximum Gasteiger partial charge on any atom is 0.126 e. The molecule has 2 nitrogen and oxygen atoms in total. The zero-order valence-electron chi connectivity index (χ0n) is 11.7. The monoisotopic (exact) mass is 251 g/mol. The summed E-state index contributed by atoms with van der Waals surface area (Å²) in [7, 11) is 2.08. The number of nitrogens with zero attached hydrogens (tertiary/aromatic N) is 1. The lowest BCUT2D eigenvalue weighted by molar-refractivity contribution is 0.203. The quantitative estimate of drug-likeness (QED) is 0.800. The van der Waals surface area contributed by atoms with E-state index in [0.29, 0.717) is 5.75 Å². The maximum atomic E-state index is 13.4. The van der Waals surface area contributed by atoms with Crippen molar-refractivity contribution in [1.82, 2.24) is 4.90 Å². The third-order valence-electron chi connectivity index (χ3n) is 3.39. The first kappa shape index (κ1) is 13.3. The molecule has 0 aliphatic carbocycles. The lowest BCUT2D eigenvalue weighted by Gasteiger charge is -2.24. The van der Waals surface area contributed by atoms with Crippen molar-refractivity contribution in [3.8, 4) is 5.75 Å². The topological polar surface area (TPSA) is 12.5 Å². The van der Waals surface area contributed by atoms with E-state index in [9.17, 15) is 4.39 Å². The highest BCUT2D eigenvalue weighted by molar-refractivity contribution is 5.39. The van der Waals surface area contributed by atoms with Gasteiger partial charge in [0.1, 0.15) is 17.7 Å². The summed E-state index contributed by atoms with van der Waals surface area (Å²) in [5.41, 5.74) is 1.03. The Morgan fingerprint density at radius 1 is 1.33 bits per heavy atom. The minimum Gasteiger partial charge on any atom is -0.489 e. The molecule has 1 atom stereocenters. The third-order valence-corrected chi connectivity index (χ3v) is 3.39. The van der Waals surface area contributed by atoms with E-state index in [1.165, 1.54) is 12.1 Å². The minimum absolute atomic E-state index is 0.0342. The molecule has 0 radical (unpaired) electrons. The second-order valence-electron chi connectivity index (χ2n) is 6.18. The molecule has 0 spiro atoms. The Bertz CT molecular complexity index is 425. The maximum absolute atomic E-state index is 13.4. The molecule has 1 saturated heterocycles. The lowest BCUT2D eigenvalue weighted by Crippen LogP contribution is -2.23. The molecule has 100 valence electrons. The molecule has 0 unspecified atom stereocenters. The summed E-state index contributed by atoms with van der Waals surface area (Å²) in [5, 5.41) is 0. The molecule has 0 bridgehead atoms. The Kier molecular flexibility index (Phi) is 3.62. The van der Waals surface area contributed by atoms with E-state index >= 15 is 0 Å². The second kappa shape index (κ2) is 4.88. The first-order valence-electron chi connectivity index (χ1n) is 6.51. The van der Waals surface area contributed by atoms with Gasteiger partial charge < -0.3 is 9.64 Å². The Balaban J connectivity index is 2.23. The Morgan fingerprint density at radius 2 is 2.06 bits per heavy atom. The molecule has 3 heteroatoms. The van der Waals surface area contributed by atoms with E-state index in [4.69, 9.17) is 4.74 Å². The summed E-state index contributed by atoms with van der Waals surface area (Å²) in [6.07, 6.45) is 1.19. The van der Waals surface area contributed by atoms with Crippen molar-refractivity contribution in [3.05, 3.63) is 29.6 Å². The van der Waals surface area contributed by atoms with Crippen LogP contribution in [-0.4, -0.2) is 31.1 Å². The van der Waals surface area contributed by atoms with Crippen LogP contribution in [0.1, 0.15) is 32.8 Å². The van der Waals surface area contributed by atoms with Crippen molar-refractivity contribution in [2.24, 2.45) is 0 Å². The number of rotatable bonds is 2. The van der Waals surface area contributed by atoms with Gasteiger partial charge in [-0.15, -0.1) is 0 Å². The summed E-state index contributed by atoms with van der Waals surface area (Å²) in [4.78, 5) is 2.24. The number of likely N-dealkylation sites (N-methyl/N-ethyl adjacent to an activating group) is 1. The third kappa shape index (κ3) is 3.02. The van der Waals surface area contributed by atoms with Crippen molar-refractivity contribution >= 4 is 0 Å². The standard InChI is InChI=1S/C15H22FNO/c1-15(2,3)13-6-5-11(16)9-14(13)18-12-7-8-17(4)10-12/h5-6,9,12H,7-8,10H2,1-4H3/t12-/m0/s1. The molecule has 2 rings (SSSR count). The van der Waals surface area contributed by atoms with Gasteiger partial charge in [-0.3, -0.25) is 0 Å². The largest absolute Gasteiger partial charge is 0.489 e. The van der Waals surface area contributed by atoms with Gasteiger partial charge in [0.25, 0.3) is 0 Å². The Labute approximate surface area is 109 Å². The summed E-state index contributed by atoms with van der Waals surface area (Å²) < 4.78 is 19.4. The van der Waals surface area contributed by atoms with Gasteiger partial charge in [-0.2, -0.15) is 0 Å². The van der Waals surface area contributed by atoms with Crippen molar-refractivity contribution in [3.63, 3.8) is 0 Å². The first-order valence-corrected chi connectivity index (χ1v) is 6.51. The summed E-state index contributed by atoms with van der Waals surface area (Å²) in [6, 6.07) is 4.86. The van der Waals surface area contributed by atoms with E-state index in [2.05, 4.69) is 32.7 Å². The molecule has 18 heavy (non-hydrogen) atoms. The molecule has 1 aliphatic rings. The van der Waals surface area contributed by atoms with Crippen LogP contribution in [0.2, 0.25) is 0 Å². The van der Waals surface area contributed by atoms with Crippen molar-refractivity contribution in [1.29, 1.82) is 0 Å². The van der Waals surface area contributed by atoms with Crippen LogP contribution in [0.15, 0.2) is 18.2 Å². The number of hydrogen-bond donors (Lipinski definition) is 0.